The van der Waals surface area contributed by atoms with Crippen molar-refractivity contribution in [2.45, 2.75) is 6.42 Å². The van der Waals surface area contributed by atoms with E-state index in [1.807, 2.05) is 18.2 Å². The van der Waals surface area contributed by atoms with Crippen molar-refractivity contribution < 1.29 is 18.0 Å². The monoisotopic (exact) mass is 350 g/mol. The standard InChI is InChI=1S/C16H9BrF2O2/c17-13-3-1-2-10-7-15(21-16(10)13)14(20)6-9-4-11(18)8-12(19)5-9/h1-5,7-8H,6H2. The van der Waals surface area contributed by atoms with Gasteiger partial charge in [0.05, 0.1) is 4.47 Å². The average Bonchev–Trinajstić information content (AvgIpc) is 2.83. The van der Waals surface area contributed by atoms with Crippen molar-refractivity contribution in [3.05, 3.63) is 69.9 Å². The van der Waals surface area contributed by atoms with Gasteiger partial charge in [-0.1, -0.05) is 12.1 Å². The first-order valence-electron chi connectivity index (χ1n) is 6.19. The molecule has 106 valence electrons. The number of para-hydroxylation sites is 1. The molecule has 21 heavy (non-hydrogen) atoms. The Labute approximate surface area is 127 Å². The summed E-state index contributed by atoms with van der Waals surface area (Å²) in [5, 5.41) is 0.790. The van der Waals surface area contributed by atoms with Crippen LogP contribution >= 0.6 is 15.9 Å². The minimum atomic E-state index is -0.704. The zero-order valence-corrected chi connectivity index (χ0v) is 12.3. The number of rotatable bonds is 3. The highest BCUT2D eigenvalue weighted by Gasteiger charge is 2.15. The Bertz CT molecular complexity index is 819. The van der Waals surface area contributed by atoms with Crippen LogP contribution < -0.4 is 0 Å². The summed E-state index contributed by atoms with van der Waals surface area (Å²) in [4.78, 5) is 12.2. The van der Waals surface area contributed by atoms with Gasteiger partial charge < -0.3 is 4.42 Å². The second kappa shape index (κ2) is 5.41. The number of hydrogen-bond acceptors (Lipinski definition) is 2. The van der Waals surface area contributed by atoms with E-state index in [1.54, 1.807) is 6.07 Å². The highest BCUT2D eigenvalue weighted by Crippen LogP contribution is 2.27. The van der Waals surface area contributed by atoms with Crippen LogP contribution in [0.15, 0.2) is 51.4 Å². The highest BCUT2D eigenvalue weighted by atomic mass is 79.9. The zero-order chi connectivity index (χ0) is 15.0. The van der Waals surface area contributed by atoms with Crippen molar-refractivity contribution in [3.63, 3.8) is 0 Å². The van der Waals surface area contributed by atoms with E-state index in [4.69, 9.17) is 4.42 Å². The van der Waals surface area contributed by atoms with E-state index in [-0.39, 0.29) is 23.5 Å². The maximum absolute atomic E-state index is 13.1. The van der Waals surface area contributed by atoms with Gasteiger partial charge in [0.1, 0.15) is 17.2 Å². The lowest BCUT2D eigenvalue weighted by molar-refractivity contribution is 0.0968. The van der Waals surface area contributed by atoms with Crippen LogP contribution in [-0.4, -0.2) is 5.78 Å². The number of ketones is 1. The zero-order valence-electron chi connectivity index (χ0n) is 10.7. The number of carbonyl (C=O) groups excluding carboxylic acids is 1. The molecule has 0 aliphatic carbocycles. The summed E-state index contributed by atoms with van der Waals surface area (Å²) >= 11 is 3.34. The van der Waals surface area contributed by atoms with E-state index in [1.165, 1.54) is 0 Å². The van der Waals surface area contributed by atoms with Crippen molar-refractivity contribution in [1.29, 1.82) is 0 Å². The fourth-order valence-corrected chi connectivity index (χ4v) is 2.61. The second-order valence-electron chi connectivity index (χ2n) is 4.65. The van der Waals surface area contributed by atoms with Gasteiger partial charge in [-0.25, -0.2) is 8.78 Å². The first kappa shape index (κ1) is 13.9. The Kier molecular flexibility index (Phi) is 3.59. The molecule has 0 saturated carbocycles. The minimum absolute atomic E-state index is 0.119. The maximum Gasteiger partial charge on any atom is 0.202 e. The van der Waals surface area contributed by atoms with Crippen molar-refractivity contribution in [2.75, 3.05) is 0 Å². The van der Waals surface area contributed by atoms with Crippen LogP contribution in [-0.2, 0) is 6.42 Å². The van der Waals surface area contributed by atoms with Gasteiger partial charge in [-0.3, -0.25) is 4.79 Å². The second-order valence-corrected chi connectivity index (χ2v) is 5.50. The topological polar surface area (TPSA) is 30.2 Å². The number of halogens is 3. The van der Waals surface area contributed by atoms with Crippen LogP contribution in [0.4, 0.5) is 8.78 Å². The number of fused-ring (bicyclic) bond motifs is 1. The Hall–Kier alpha value is -2.01. The summed E-state index contributed by atoms with van der Waals surface area (Å²) in [6, 6.07) is 10.1. The first-order chi connectivity index (χ1) is 10.0. The predicted molar refractivity (Wildman–Crippen MR) is 78.3 cm³/mol. The van der Waals surface area contributed by atoms with Gasteiger partial charge in [0, 0.05) is 17.9 Å². The Morgan fingerprint density at radius 1 is 1.10 bits per heavy atom. The van der Waals surface area contributed by atoms with Crippen molar-refractivity contribution in [1.82, 2.24) is 0 Å². The van der Waals surface area contributed by atoms with Gasteiger partial charge in [0.25, 0.3) is 0 Å². The van der Waals surface area contributed by atoms with Gasteiger partial charge >= 0.3 is 0 Å². The SMILES string of the molecule is O=C(Cc1cc(F)cc(F)c1)c1cc2cccc(Br)c2o1. The fraction of sp³-hybridized carbons (Fsp3) is 0.0625. The molecule has 3 aromatic rings. The van der Waals surface area contributed by atoms with E-state index in [0.29, 0.717) is 5.58 Å². The van der Waals surface area contributed by atoms with Crippen LogP contribution in [0.1, 0.15) is 16.1 Å². The molecule has 0 unspecified atom stereocenters. The number of Topliss-reactive ketones (excluding diaryl/α,β-unsaturated/α-hetero) is 1. The quantitative estimate of drug-likeness (QED) is 0.629. The molecule has 0 radical (unpaired) electrons. The van der Waals surface area contributed by atoms with E-state index in [0.717, 1.165) is 28.1 Å². The van der Waals surface area contributed by atoms with E-state index < -0.39 is 11.6 Å². The van der Waals surface area contributed by atoms with E-state index in [2.05, 4.69) is 15.9 Å². The van der Waals surface area contributed by atoms with Crippen molar-refractivity contribution in [3.8, 4) is 0 Å². The molecule has 0 saturated heterocycles. The lowest BCUT2D eigenvalue weighted by Gasteiger charge is -2.00. The number of furan rings is 1. The molecule has 0 aliphatic heterocycles. The van der Waals surface area contributed by atoms with Crippen LogP contribution in [0, 0.1) is 11.6 Å². The normalized spacial score (nSPS) is 11.0. The van der Waals surface area contributed by atoms with Gasteiger partial charge in [0.2, 0.25) is 5.78 Å². The summed E-state index contributed by atoms with van der Waals surface area (Å²) in [6.45, 7) is 0. The highest BCUT2D eigenvalue weighted by molar-refractivity contribution is 9.10. The van der Waals surface area contributed by atoms with E-state index >= 15 is 0 Å². The first-order valence-corrected chi connectivity index (χ1v) is 6.98. The minimum Gasteiger partial charge on any atom is -0.452 e. The van der Waals surface area contributed by atoms with Gasteiger partial charge in [-0.2, -0.15) is 0 Å². The van der Waals surface area contributed by atoms with Gasteiger partial charge in [-0.05, 0) is 45.8 Å². The Morgan fingerprint density at radius 3 is 2.48 bits per heavy atom. The molecule has 1 heterocycles. The largest absolute Gasteiger partial charge is 0.452 e. The molecular weight excluding hydrogens is 342 g/mol. The van der Waals surface area contributed by atoms with Crippen LogP contribution in [0.2, 0.25) is 0 Å². The summed E-state index contributed by atoms with van der Waals surface area (Å²) < 4.78 is 32.5. The maximum atomic E-state index is 13.1. The number of benzene rings is 2. The molecule has 2 aromatic carbocycles. The molecular formula is C16H9BrF2O2. The average molecular weight is 351 g/mol. The molecule has 0 bridgehead atoms. The van der Waals surface area contributed by atoms with E-state index in [9.17, 15) is 13.6 Å². The Morgan fingerprint density at radius 2 is 1.81 bits per heavy atom. The lowest BCUT2D eigenvalue weighted by atomic mass is 10.1. The van der Waals surface area contributed by atoms with Gasteiger partial charge in [-0.15, -0.1) is 0 Å². The van der Waals surface area contributed by atoms with Crippen molar-refractivity contribution in [2.24, 2.45) is 0 Å². The van der Waals surface area contributed by atoms with Crippen LogP contribution in [0.25, 0.3) is 11.0 Å². The molecule has 0 atom stereocenters. The molecule has 1 aromatic heterocycles. The Balaban J connectivity index is 1.91. The molecule has 0 spiro atoms. The predicted octanol–water partition coefficient (Wildman–Crippen LogP) is 4.90. The summed E-state index contributed by atoms with van der Waals surface area (Å²) in [5.74, 6) is -1.57. The third-order valence-corrected chi connectivity index (χ3v) is 3.68. The van der Waals surface area contributed by atoms with Crippen LogP contribution in [0.5, 0.6) is 0 Å². The lowest BCUT2D eigenvalue weighted by Crippen LogP contribution is -2.02. The van der Waals surface area contributed by atoms with Crippen LogP contribution in [0.3, 0.4) is 0 Å². The molecule has 2 nitrogen and oxygen atoms in total. The summed E-state index contributed by atoms with van der Waals surface area (Å²) in [5.41, 5.74) is 0.850. The number of hydrogen-bond donors (Lipinski definition) is 0. The smallest absolute Gasteiger partial charge is 0.202 e. The van der Waals surface area contributed by atoms with Gasteiger partial charge in [0.15, 0.2) is 5.76 Å². The molecule has 3 rings (SSSR count). The third kappa shape index (κ3) is 2.88. The van der Waals surface area contributed by atoms with Crippen molar-refractivity contribution >= 4 is 32.7 Å². The third-order valence-electron chi connectivity index (χ3n) is 3.06. The number of carbonyl (C=O) groups is 1. The molecule has 0 fully saturated rings. The molecule has 0 amide bonds. The summed E-state index contributed by atoms with van der Waals surface area (Å²) in [6.07, 6.45) is -0.119. The molecule has 0 aliphatic rings. The fourth-order valence-electron chi connectivity index (χ4n) is 2.15. The summed E-state index contributed by atoms with van der Waals surface area (Å²) in [7, 11) is 0. The molecule has 5 heteroatoms. The molecule has 0 N–H and O–H groups in total.